The van der Waals surface area contributed by atoms with Gasteiger partial charge < -0.3 is 0 Å². The summed E-state index contributed by atoms with van der Waals surface area (Å²) >= 11 is 0. The summed E-state index contributed by atoms with van der Waals surface area (Å²) < 4.78 is 0. The van der Waals surface area contributed by atoms with Gasteiger partial charge in [-0.15, -0.1) is 0 Å². The van der Waals surface area contributed by atoms with Crippen LogP contribution < -0.4 is 0 Å². The van der Waals surface area contributed by atoms with Gasteiger partial charge in [-0.05, 0) is 74.9 Å². The van der Waals surface area contributed by atoms with E-state index in [1.54, 1.807) is 0 Å². The molecule has 4 saturated carbocycles. The average Bonchev–Trinajstić information content (AvgIpc) is 3.09. The van der Waals surface area contributed by atoms with Crippen molar-refractivity contribution in [1.82, 2.24) is 9.80 Å². The molecule has 2 radical (unpaired) electrons. The molecule has 0 unspecified atom stereocenters. The molecule has 0 aliphatic heterocycles. The van der Waals surface area contributed by atoms with Gasteiger partial charge in [-0.2, -0.15) is 0 Å². The first-order valence-corrected chi connectivity index (χ1v) is 21.7. The monoisotopic (exact) mass is 997 g/mol. The number of amides is 4. The molecule has 0 saturated heterocycles. The van der Waals surface area contributed by atoms with Gasteiger partial charge in [0.2, 0.25) is 25.6 Å². The first-order chi connectivity index (χ1) is 27.2. The fourth-order valence-electron chi connectivity index (χ4n) is 4.26. The summed E-state index contributed by atoms with van der Waals surface area (Å²) in [5.74, 6) is 0. The zero-order valence-corrected chi connectivity index (χ0v) is 45.3. The third kappa shape index (κ3) is 37.3. The summed E-state index contributed by atoms with van der Waals surface area (Å²) in [7, 11) is 2.75. The molecule has 61 heavy (non-hydrogen) atoms. The van der Waals surface area contributed by atoms with Crippen molar-refractivity contribution in [3.05, 3.63) is 105 Å². The Morgan fingerprint density at radius 2 is 0.557 bits per heavy atom. The van der Waals surface area contributed by atoms with Gasteiger partial charge >= 0.3 is 0 Å². The number of nitrogens with zero attached hydrogens (tertiary/aromatic N) is 2. The molecule has 0 N–H and O–H groups in total. The Morgan fingerprint density at radius 1 is 0.393 bits per heavy atom. The van der Waals surface area contributed by atoms with E-state index in [-0.39, 0.29) is 85.7 Å². The van der Waals surface area contributed by atoms with Crippen LogP contribution >= 0.6 is 0 Å². The van der Waals surface area contributed by atoms with Crippen LogP contribution in [0, 0.1) is 41.5 Å². The van der Waals surface area contributed by atoms with Gasteiger partial charge in [0.25, 0.3) is 0 Å². The molecule has 6 nitrogen and oxygen atoms in total. The van der Waals surface area contributed by atoms with Crippen molar-refractivity contribution in [3.8, 4) is 0 Å². The molecule has 3 aromatic carbocycles. The molecule has 3 aromatic rings. The second kappa shape index (κ2) is 46.1. The topological polar surface area (TPSA) is 74.8 Å². The molecular formula is C53H90N2O4Y2. The average molecular weight is 997 g/mol. The number of carbonyl (C=O) groups excluding carboxylic acids is 4. The van der Waals surface area contributed by atoms with Gasteiger partial charge in [-0.3, -0.25) is 29.0 Å². The van der Waals surface area contributed by atoms with Crippen molar-refractivity contribution in [1.29, 1.82) is 0 Å². The van der Waals surface area contributed by atoms with Crippen LogP contribution in [-0.2, 0) is 90.0 Å². The predicted molar refractivity (Wildman–Crippen MR) is 258 cm³/mol. The molecule has 342 valence electrons. The van der Waals surface area contributed by atoms with Crippen LogP contribution in [0.15, 0.2) is 60.7 Å². The first kappa shape index (κ1) is 70.8. The smallest absolute Gasteiger partial charge is 0.215 e. The Labute approximate surface area is 427 Å². The summed E-state index contributed by atoms with van der Waals surface area (Å²) in [6.45, 7) is 21.4. The minimum absolute atomic E-state index is 0. The summed E-state index contributed by atoms with van der Waals surface area (Å²) in [4.78, 5) is 39.5. The van der Waals surface area contributed by atoms with Crippen LogP contribution in [0.2, 0.25) is 0 Å². The molecule has 4 fully saturated rings. The third-order valence-electron chi connectivity index (χ3n) is 10.3. The van der Waals surface area contributed by atoms with Crippen molar-refractivity contribution in [2.45, 2.75) is 192 Å². The molecule has 0 spiro atoms. The summed E-state index contributed by atoms with van der Waals surface area (Å²) in [6, 6.07) is 22.1. The number of hydrogen-bond donors (Lipinski definition) is 0. The largest absolute Gasteiger partial charge is 0.291 e. The van der Waals surface area contributed by atoms with Crippen LogP contribution in [0.4, 0.5) is 0 Å². The van der Waals surface area contributed by atoms with E-state index in [9.17, 15) is 19.2 Å². The van der Waals surface area contributed by atoms with Gasteiger partial charge in [0.1, 0.15) is 0 Å². The predicted octanol–water partition coefficient (Wildman–Crippen LogP) is 14.5. The number of hydrogen-bond acceptors (Lipinski definition) is 4. The van der Waals surface area contributed by atoms with E-state index in [2.05, 4.69) is 116 Å². The number of imide groups is 2. The molecule has 0 atom stereocenters. The Kier molecular flexibility index (Phi) is 53.6. The van der Waals surface area contributed by atoms with Gasteiger partial charge in [0.15, 0.2) is 0 Å². The van der Waals surface area contributed by atoms with E-state index in [1.807, 2.05) is 13.8 Å². The molecule has 4 aliphatic carbocycles. The normalized spacial score (nSPS) is 12.6. The van der Waals surface area contributed by atoms with Crippen molar-refractivity contribution >= 4 is 25.6 Å². The zero-order chi connectivity index (χ0) is 43.5. The molecule has 0 aromatic heterocycles. The summed E-state index contributed by atoms with van der Waals surface area (Å²) in [5.41, 5.74) is 11.0. The van der Waals surface area contributed by atoms with Gasteiger partial charge in [0, 0.05) is 84.9 Å². The molecule has 0 heterocycles. The van der Waals surface area contributed by atoms with Crippen LogP contribution in [0.25, 0.3) is 0 Å². The van der Waals surface area contributed by atoms with Crippen LogP contribution in [0.5, 0.6) is 0 Å². The number of carbonyl (C=O) groups is 4. The Hall–Kier alpha value is -1.85. The van der Waals surface area contributed by atoms with E-state index in [0.717, 1.165) is 9.80 Å². The molecule has 0 bridgehead atoms. The Bertz CT molecular complexity index is 1260. The minimum Gasteiger partial charge on any atom is -0.291 e. The fourth-order valence-corrected chi connectivity index (χ4v) is 4.26. The van der Waals surface area contributed by atoms with E-state index in [0.29, 0.717) is 25.6 Å². The third-order valence-corrected chi connectivity index (χ3v) is 10.3. The maximum absolute atomic E-state index is 9.43. The second-order valence-corrected chi connectivity index (χ2v) is 15.8. The molecular weight excluding hydrogens is 906 g/mol. The van der Waals surface area contributed by atoms with E-state index < -0.39 is 0 Å². The standard InChI is InChI=1S/C17H20.C10H14.4C4H8.2C3H5NO2.C2H6.2CH4.2Y/c1-13-5-9-15(10-6-13)17(3,4)16-11-7-14(2)8-12-16;1-7-5-9(3)10(4)6-8(7)2;4*1-2-4-3-1;2*1-4(2-5)3-6;1-2;;;;/h5-12H,1-4H3;5-6H,1-4H3;4*1-4H2;2*2-3H,1H3;1-2H3;2*1H4;;. The summed E-state index contributed by atoms with van der Waals surface area (Å²) in [6.07, 6.45) is 25.8. The van der Waals surface area contributed by atoms with Crippen molar-refractivity contribution in [2.75, 3.05) is 14.1 Å². The van der Waals surface area contributed by atoms with E-state index in [4.69, 9.17) is 0 Å². The van der Waals surface area contributed by atoms with Crippen molar-refractivity contribution in [2.24, 2.45) is 0 Å². The van der Waals surface area contributed by atoms with E-state index >= 15 is 0 Å². The van der Waals surface area contributed by atoms with Crippen molar-refractivity contribution < 1.29 is 84.6 Å². The number of rotatable bonds is 6. The minimum atomic E-state index is 0. The number of benzene rings is 3. The van der Waals surface area contributed by atoms with Crippen LogP contribution in [-0.4, -0.2) is 49.5 Å². The molecule has 4 aliphatic rings. The van der Waals surface area contributed by atoms with Gasteiger partial charge in [-0.25, -0.2) is 0 Å². The SMILES string of the molecule is C.C.C1CCC1.C1CCC1.C1CCC1.C1CCC1.CC.CN(C=O)C=O.CN(C=O)C=O.Cc1cc(C)c(C)cc1C.Cc1ccc(C(C)(C)c2ccc(C)cc2)cc1.[Y].[Y]. The Balaban J connectivity index is -0.000000149. The maximum atomic E-state index is 9.43. The number of aryl methyl sites for hydroxylation is 6. The second-order valence-electron chi connectivity index (χ2n) is 15.8. The van der Waals surface area contributed by atoms with Crippen LogP contribution in [0.1, 0.15) is 190 Å². The zero-order valence-electron chi connectivity index (χ0n) is 39.6. The van der Waals surface area contributed by atoms with Gasteiger partial charge in [-0.1, -0.05) is 217 Å². The van der Waals surface area contributed by atoms with E-state index in [1.165, 1.54) is 161 Å². The maximum Gasteiger partial charge on any atom is 0.215 e. The Morgan fingerprint density at radius 3 is 0.672 bits per heavy atom. The van der Waals surface area contributed by atoms with Crippen LogP contribution in [0.3, 0.4) is 0 Å². The van der Waals surface area contributed by atoms with Crippen molar-refractivity contribution in [3.63, 3.8) is 0 Å². The summed E-state index contributed by atoms with van der Waals surface area (Å²) in [5, 5.41) is 0. The first-order valence-electron chi connectivity index (χ1n) is 21.7. The molecule has 4 amide bonds. The van der Waals surface area contributed by atoms with Gasteiger partial charge in [0.05, 0.1) is 0 Å². The molecule has 8 heteroatoms. The molecule has 7 rings (SSSR count). The quantitative estimate of drug-likeness (QED) is 0.231. The fraction of sp³-hybridized carbons (Fsp3) is 0.585.